The molecule has 2 N–H and O–H groups in total. The normalized spacial score (nSPS) is 12.6. The lowest BCUT2D eigenvalue weighted by Gasteiger charge is -2.11. The van der Waals surface area contributed by atoms with Crippen molar-refractivity contribution in [2.45, 2.75) is 19.4 Å². The molecule has 0 bridgehead atoms. The van der Waals surface area contributed by atoms with Gasteiger partial charge < -0.3 is 15.2 Å². The third-order valence-corrected chi connectivity index (χ3v) is 1.26. The monoisotopic (exact) mass is 161 g/mol. The minimum atomic E-state index is -0.500. The van der Waals surface area contributed by atoms with Gasteiger partial charge in [0.15, 0.2) is 6.10 Å². The first-order valence-corrected chi connectivity index (χ1v) is 3.65. The predicted octanol–water partition coefficient (Wildman–Crippen LogP) is -0.0867. The number of ether oxygens (including phenoxy) is 2. The van der Waals surface area contributed by atoms with Crippen LogP contribution in [0.2, 0.25) is 0 Å². The molecule has 0 rings (SSSR count). The third-order valence-electron chi connectivity index (χ3n) is 1.26. The van der Waals surface area contributed by atoms with E-state index < -0.39 is 6.10 Å². The van der Waals surface area contributed by atoms with Crippen LogP contribution in [0.3, 0.4) is 0 Å². The molecule has 0 aromatic rings. The van der Waals surface area contributed by atoms with E-state index in [9.17, 15) is 4.79 Å². The molecule has 0 spiro atoms. The van der Waals surface area contributed by atoms with Crippen LogP contribution < -0.4 is 5.73 Å². The van der Waals surface area contributed by atoms with Crippen molar-refractivity contribution in [1.82, 2.24) is 0 Å². The van der Waals surface area contributed by atoms with Crippen molar-refractivity contribution in [3.63, 3.8) is 0 Å². The van der Waals surface area contributed by atoms with E-state index in [4.69, 9.17) is 15.2 Å². The van der Waals surface area contributed by atoms with Gasteiger partial charge in [-0.1, -0.05) is 0 Å². The average Bonchev–Trinajstić information content (AvgIpc) is 2.00. The lowest BCUT2D eigenvalue weighted by molar-refractivity contribution is -0.155. The Bertz CT molecular complexity index is 116. The third kappa shape index (κ3) is 3.95. The summed E-state index contributed by atoms with van der Waals surface area (Å²) < 4.78 is 9.58. The molecule has 4 heteroatoms. The molecule has 0 heterocycles. The number of hydrogen-bond acceptors (Lipinski definition) is 4. The summed E-state index contributed by atoms with van der Waals surface area (Å²) in [6.45, 7) is 2.56. The molecule has 0 saturated carbocycles. The molecule has 0 radical (unpaired) electrons. The van der Waals surface area contributed by atoms with Crippen LogP contribution in [0.4, 0.5) is 0 Å². The molecule has 0 saturated heterocycles. The number of nitrogens with two attached hydrogens (primary N) is 1. The standard InChI is InChI=1S/C7H15NO3/c1-3-11-7(9)6(10-2)4-5-8/h6H,3-5,8H2,1-2H3. The fourth-order valence-corrected chi connectivity index (χ4v) is 0.719. The zero-order chi connectivity index (χ0) is 8.69. The van der Waals surface area contributed by atoms with Crippen LogP contribution in [-0.4, -0.2) is 32.3 Å². The van der Waals surface area contributed by atoms with E-state index in [1.165, 1.54) is 7.11 Å². The van der Waals surface area contributed by atoms with Crippen molar-refractivity contribution in [2.24, 2.45) is 5.73 Å². The molecular formula is C7H15NO3. The lowest BCUT2D eigenvalue weighted by atomic mass is 10.2. The van der Waals surface area contributed by atoms with Gasteiger partial charge in [0.25, 0.3) is 0 Å². The van der Waals surface area contributed by atoms with E-state index in [1.807, 2.05) is 0 Å². The van der Waals surface area contributed by atoms with Crippen molar-refractivity contribution in [1.29, 1.82) is 0 Å². The summed E-state index contributed by atoms with van der Waals surface area (Å²) in [6, 6.07) is 0. The van der Waals surface area contributed by atoms with Crippen molar-refractivity contribution >= 4 is 5.97 Å². The van der Waals surface area contributed by atoms with Crippen LogP contribution in [0.5, 0.6) is 0 Å². The predicted molar refractivity (Wildman–Crippen MR) is 41.1 cm³/mol. The zero-order valence-electron chi connectivity index (χ0n) is 7.00. The van der Waals surface area contributed by atoms with E-state index in [-0.39, 0.29) is 5.97 Å². The Hall–Kier alpha value is -0.610. The molecule has 0 aliphatic carbocycles. The number of rotatable bonds is 5. The van der Waals surface area contributed by atoms with Gasteiger partial charge in [-0.25, -0.2) is 4.79 Å². The Labute approximate surface area is 66.7 Å². The highest BCUT2D eigenvalue weighted by molar-refractivity contribution is 5.74. The molecule has 4 nitrogen and oxygen atoms in total. The van der Waals surface area contributed by atoms with Crippen molar-refractivity contribution in [2.75, 3.05) is 20.3 Å². The van der Waals surface area contributed by atoms with Gasteiger partial charge in [-0.3, -0.25) is 0 Å². The smallest absolute Gasteiger partial charge is 0.335 e. The van der Waals surface area contributed by atoms with Crippen LogP contribution in [0.15, 0.2) is 0 Å². The summed E-state index contributed by atoms with van der Waals surface area (Å²) in [4.78, 5) is 11.0. The topological polar surface area (TPSA) is 61.5 Å². The maximum absolute atomic E-state index is 11.0. The number of hydrogen-bond donors (Lipinski definition) is 1. The van der Waals surface area contributed by atoms with Gasteiger partial charge in [-0.05, 0) is 19.9 Å². The molecule has 11 heavy (non-hydrogen) atoms. The maximum Gasteiger partial charge on any atom is 0.335 e. The minimum absolute atomic E-state index is 0.333. The van der Waals surface area contributed by atoms with Gasteiger partial charge in [0.1, 0.15) is 0 Å². The zero-order valence-corrected chi connectivity index (χ0v) is 7.00. The Morgan fingerprint density at radius 1 is 1.64 bits per heavy atom. The molecule has 0 aromatic heterocycles. The largest absolute Gasteiger partial charge is 0.464 e. The van der Waals surface area contributed by atoms with E-state index in [1.54, 1.807) is 6.92 Å². The van der Waals surface area contributed by atoms with Crippen LogP contribution in [0.25, 0.3) is 0 Å². The summed E-state index contributed by atoms with van der Waals surface area (Å²) >= 11 is 0. The summed E-state index contributed by atoms with van der Waals surface area (Å²) in [5.41, 5.74) is 5.25. The number of carbonyl (C=O) groups is 1. The highest BCUT2D eigenvalue weighted by Crippen LogP contribution is 1.98. The average molecular weight is 161 g/mol. The van der Waals surface area contributed by atoms with Crippen LogP contribution in [0.1, 0.15) is 13.3 Å². The van der Waals surface area contributed by atoms with Crippen molar-refractivity contribution < 1.29 is 14.3 Å². The number of carbonyl (C=O) groups excluding carboxylic acids is 1. The molecule has 0 fully saturated rings. The second-order valence-corrected chi connectivity index (χ2v) is 2.05. The second-order valence-electron chi connectivity index (χ2n) is 2.05. The molecule has 0 amide bonds. The van der Waals surface area contributed by atoms with E-state index in [2.05, 4.69) is 0 Å². The molecule has 0 aromatic carbocycles. The first-order chi connectivity index (χ1) is 5.26. The van der Waals surface area contributed by atoms with Crippen LogP contribution in [-0.2, 0) is 14.3 Å². The first-order valence-electron chi connectivity index (χ1n) is 3.65. The SMILES string of the molecule is CCOC(=O)C(CCN)OC. The van der Waals surface area contributed by atoms with Gasteiger partial charge in [0.2, 0.25) is 0 Å². The quantitative estimate of drug-likeness (QED) is 0.572. The van der Waals surface area contributed by atoms with Gasteiger partial charge in [-0.2, -0.15) is 0 Å². The lowest BCUT2D eigenvalue weighted by Crippen LogP contribution is -2.27. The minimum Gasteiger partial charge on any atom is -0.464 e. The molecule has 1 atom stereocenters. The van der Waals surface area contributed by atoms with Gasteiger partial charge >= 0.3 is 5.97 Å². The molecular weight excluding hydrogens is 146 g/mol. The molecule has 66 valence electrons. The van der Waals surface area contributed by atoms with E-state index >= 15 is 0 Å². The molecule has 0 aliphatic heterocycles. The number of methoxy groups -OCH3 is 1. The summed E-state index contributed by atoms with van der Waals surface area (Å²) in [7, 11) is 1.47. The van der Waals surface area contributed by atoms with Gasteiger partial charge in [0, 0.05) is 7.11 Å². The van der Waals surface area contributed by atoms with Crippen LogP contribution in [0, 0.1) is 0 Å². The Morgan fingerprint density at radius 3 is 2.64 bits per heavy atom. The number of esters is 1. The summed E-state index contributed by atoms with van der Waals surface area (Å²) in [5, 5.41) is 0. The highest BCUT2D eigenvalue weighted by Gasteiger charge is 2.17. The Balaban J connectivity index is 3.71. The Kier molecular flexibility index (Phi) is 5.78. The van der Waals surface area contributed by atoms with Gasteiger partial charge in [-0.15, -0.1) is 0 Å². The Morgan fingerprint density at radius 2 is 2.27 bits per heavy atom. The van der Waals surface area contributed by atoms with Crippen molar-refractivity contribution in [3.05, 3.63) is 0 Å². The summed E-state index contributed by atoms with van der Waals surface area (Å²) in [5.74, 6) is -0.333. The first kappa shape index (κ1) is 10.4. The molecule has 0 aliphatic rings. The highest BCUT2D eigenvalue weighted by atomic mass is 16.6. The maximum atomic E-state index is 11.0. The van der Waals surface area contributed by atoms with Crippen LogP contribution >= 0.6 is 0 Å². The van der Waals surface area contributed by atoms with E-state index in [0.717, 1.165) is 0 Å². The van der Waals surface area contributed by atoms with E-state index in [0.29, 0.717) is 19.6 Å². The second kappa shape index (κ2) is 6.12. The van der Waals surface area contributed by atoms with Gasteiger partial charge in [0.05, 0.1) is 6.61 Å². The molecule has 1 unspecified atom stereocenters. The fourth-order valence-electron chi connectivity index (χ4n) is 0.719. The fraction of sp³-hybridized carbons (Fsp3) is 0.857. The van der Waals surface area contributed by atoms with Crippen molar-refractivity contribution in [3.8, 4) is 0 Å². The summed E-state index contributed by atoms with van der Waals surface area (Å²) in [6.07, 6.45) is 0.00921.